The molecule has 1 heterocycles. The van der Waals surface area contributed by atoms with E-state index in [1.807, 2.05) is 30.3 Å². The normalized spacial score (nSPS) is 14.6. The van der Waals surface area contributed by atoms with Gasteiger partial charge in [0.1, 0.15) is 5.75 Å². The van der Waals surface area contributed by atoms with Crippen molar-refractivity contribution in [2.75, 3.05) is 17.2 Å². The molecule has 0 saturated heterocycles. The molecule has 2 amide bonds. The van der Waals surface area contributed by atoms with Crippen molar-refractivity contribution in [1.29, 1.82) is 0 Å². The standard InChI is InChI=1S/C43H49ClN6O4/c1-7-40(3,4)32-24-25-36(35(27-32)41(5,6)8-2)54-26-16-23-37(51)45-33-21-15-22-34(28-33)46-39(53)43(44,38(52)31-19-13-10-14-20-31)42(47-49-50-48-42)29-30-17-11-9-12-18-30/h9-15,17-22,24-25,27-28H,7-8,16,23,26,29H2,1-6H3,(H,45,51)(H,46,53). The van der Waals surface area contributed by atoms with Gasteiger partial charge >= 0.3 is 0 Å². The minimum atomic E-state index is -2.38. The van der Waals surface area contributed by atoms with Gasteiger partial charge in [0.25, 0.3) is 5.91 Å². The first-order valence-corrected chi connectivity index (χ1v) is 18.8. The summed E-state index contributed by atoms with van der Waals surface area (Å²) >= 11 is 7.20. The number of hydrogen-bond acceptors (Lipinski definition) is 8. The molecule has 0 radical (unpaired) electrons. The fraction of sp³-hybridized carbons (Fsp3) is 0.372. The van der Waals surface area contributed by atoms with Crippen LogP contribution in [0.4, 0.5) is 11.4 Å². The van der Waals surface area contributed by atoms with Gasteiger partial charge in [0.15, 0.2) is 5.78 Å². The highest BCUT2D eigenvalue weighted by Crippen LogP contribution is 2.44. The number of ether oxygens (including phenoxy) is 1. The highest BCUT2D eigenvalue weighted by molar-refractivity contribution is 6.51. The van der Waals surface area contributed by atoms with Gasteiger partial charge in [-0.15, -0.1) is 10.2 Å². The van der Waals surface area contributed by atoms with Gasteiger partial charge in [0.05, 0.1) is 6.61 Å². The molecule has 0 aromatic heterocycles. The van der Waals surface area contributed by atoms with Crippen molar-refractivity contribution in [2.45, 2.75) is 95.0 Å². The molecule has 0 spiro atoms. The summed E-state index contributed by atoms with van der Waals surface area (Å²) in [5.74, 6) is -0.952. The van der Waals surface area contributed by atoms with E-state index in [0.717, 1.165) is 24.2 Å². The van der Waals surface area contributed by atoms with Crippen molar-refractivity contribution in [2.24, 2.45) is 20.7 Å². The number of rotatable bonds is 17. The second-order valence-electron chi connectivity index (χ2n) is 14.9. The van der Waals surface area contributed by atoms with Gasteiger partial charge in [-0.05, 0) is 75.9 Å². The Labute approximate surface area is 322 Å². The summed E-state index contributed by atoms with van der Waals surface area (Å²) in [6, 6.07) is 30.5. The SMILES string of the molecule is CCC(C)(C)c1ccc(OCCCC(=O)Nc2cccc(NC(=O)C(Cl)(C(=O)c3ccccc3)C3(Cc4ccccc4)N=NN=N3)c2)c(C(C)(C)CC)c1. The maximum absolute atomic E-state index is 14.3. The van der Waals surface area contributed by atoms with Gasteiger partial charge in [0, 0.05) is 35.3 Å². The van der Waals surface area contributed by atoms with Crippen LogP contribution in [-0.4, -0.2) is 34.7 Å². The Balaban J connectivity index is 1.27. The Hall–Kier alpha value is -5.22. The molecule has 4 aromatic rings. The largest absolute Gasteiger partial charge is 0.493 e. The molecule has 11 heteroatoms. The van der Waals surface area contributed by atoms with Crippen LogP contribution in [0.3, 0.4) is 0 Å². The Morgan fingerprint density at radius 3 is 1.98 bits per heavy atom. The zero-order chi connectivity index (χ0) is 39.0. The third-order valence-corrected chi connectivity index (χ3v) is 11.1. The summed E-state index contributed by atoms with van der Waals surface area (Å²) in [4.78, 5) is 39.1. The van der Waals surface area contributed by atoms with Crippen LogP contribution in [0.2, 0.25) is 0 Å². The minimum Gasteiger partial charge on any atom is -0.493 e. The van der Waals surface area contributed by atoms with Crippen LogP contribution in [0.25, 0.3) is 0 Å². The molecular formula is C43H49ClN6O4. The van der Waals surface area contributed by atoms with E-state index in [-0.39, 0.29) is 35.1 Å². The summed E-state index contributed by atoms with van der Waals surface area (Å²) in [5, 5.41) is 21.5. The summed E-state index contributed by atoms with van der Waals surface area (Å²) < 4.78 is 6.26. The smallest absolute Gasteiger partial charge is 0.258 e. The number of alkyl halides is 1. The third kappa shape index (κ3) is 8.76. The van der Waals surface area contributed by atoms with Crippen molar-refractivity contribution in [3.05, 3.63) is 125 Å². The zero-order valence-electron chi connectivity index (χ0n) is 31.9. The fourth-order valence-corrected chi connectivity index (χ4v) is 6.50. The molecule has 1 unspecified atom stereocenters. The van der Waals surface area contributed by atoms with E-state index in [2.05, 4.69) is 91.1 Å². The van der Waals surface area contributed by atoms with Gasteiger partial charge in [-0.2, -0.15) is 0 Å². The lowest BCUT2D eigenvalue weighted by Gasteiger charge is -2.35. The monoisotopic (exact) mass is 748 g/mol. The Morgan fingerprint density at radius 1 is 0.741 bits per heavy atom. The average molecular weight is 749 g/mol. The zero-order valence-corrected chi connectivity index (χ0v) is 32.6. The lowest BCUT2D eigenvalue weighted by Crippen LogP contribution is -2.60. The molecule has 0 aliphatic carbocycles. The summed E-state index contributed by atoms with van der Waals surface area (Å²) in [7, 11) is 0. The summed E-state index contributed by atoms with van der Waals surface area (Å²) in [6.07, 6.45) is 2.69. The van der Waals surface area contributed by atoms with Crippen molar-refractivity contribution < 1.29 is 19.1 Å². The highest BCUT2D eigenvalue weighted by Gasteiger charge is 2.64. The number of halogens is 1. The molecule has 5 rings (SSSR count). The van der Waals surface area contributed by atoms with Gasteiger partial charge < -0.3 is 15.4 Å². The fourth-order valence-electron chi connectivity index (χ4n) is 6.20. The Bertz CT molecular complexity index is 2000. The van der Waals surface area contributed by atoms with Crippen LogP contribution in [0.15, 0.2) is 124 Å². The second-order valence-corrected chi connectivity index (χ2v) is 15.5. The number of hydrogen-bond donors (Lipinski definition) is 2. The number of amides is 2. The van der Waals surface area contributed by atoms with E-state index in [0.29, 0.717) is 24.4 Å². The van der Waals surface area contributed by atoms with Crippen molar-refractivity contribution >= 4 is 40.6 Å². The summed E-state index contributed by atoms with van der Waals surface area (Å²) in [5.41, 5.74) is 2.24. The number of ketones is 1. The van der Waals surface area contributed by atoms with Gasteiger partial charge in [-0.3, -0.25) is 14.4 Å². The molecule has 54 heavy (non-hydrogen) atoms. The maximum Gasteiger partial charge on any atom is 0.258 e. The molecular weight excluding hydrogens is 700 g/mol. The first-order chi connectivity index (χ1) is 25.7. The average Bonchev–Trinajstić information content (AvgIpc) is 3.66. The number of Topliss-reactive ketones (excluding diaryl/α,β-unsaturated/α-hetero) is 1. The molecule has 0 bridgehead atoms. The third-order valence-electron chi connectivity index (χ3n) is 10.4. The summed E-state index contributed by atoms with van der Waals surface area (Å²) in [6.45, 7) is 13.7. The van der Waals surface area contributed by atoms with E-state index >= 15 is 0 Å². The lowest BCUT2D eigenvalue weighted by atomic mass is 9.76. The maximum atomic E-state index is 14.3. The van der Waals surface area contributed by atoms with Gasteiger partial charge in [-0.25, -0.2) is 0 Å². The number of nitrogens with zero attached hydrogens (tertiary/aromatic N) is 4. The predicted octanol–water partition coefficient (Wildman–Crippen LogP) is 10.4. The lowest BCUT2D eigenvalue weighted by molar-refractivity contribution is -0.119. The van der Waals surface area contributed by atoms with Crippen molar-refractivity contribution in [3.8, 4) is 5.75 Å². The van der Waals surface area contributed by atoms with E-state index in [9.17, 15) is 14.4 Å². The van der Waals surface area contributed by atoms with E-state index < -0.39 is 22.2 Å². The minimum absolute atomic E-state index is 0.0177. The molecule has 1 atom stereocenters. The van der Waals surface area contributed by atoms with Gasteiger partial charge in [0.2, 0.25) is 16.4 Å². The number of anilines is 2. The number of benzene rings is 4. The molecule has 1 aliphatic heterocycles. The van der Waals surface area contributed by atoms with Crippen LogP contribution in [0.1, 0.15) is 94.3 Å². The first-order valence-electron chi connectivity index (χ1n) is 18.4. The predicted molar refractivity (Wildman–Crippen MR) is 213 cm³/mol. The first kappa shape index (κ1) is 40.0. The van der Waals surface area contributed by atoms with Crippen LogP contribution < -0.4 is 15.4 Å². The second kappa shape index (κ2) is 16.8. The van der Waals surface area contributed by atoms with Crippen LogP contribution in [0.5, 0.6) is 5.75 Å². The molecule has 282 valence electrons. The number of carbonyl (C=O) groups is 3. The molecule has 0 saturated carbocycles. The Kier molecular flexibility index (Phi) is 12.5. The van der Waals surface area contributed by atoms with E-state index in [1.165, 1.54) is 11.1 Å². The van der Waals surface area contributed by atoms with Crippen molar-refractivity contribution in [3.63, 3.8) is 0 Å². The van der Waals surface area contributed by atoms with Crippen LogP contribution >= 0.6 is 11.6 Å². The Morgan fingerprint density at radius 2 is 1.35 bits per heavy atom. The highest BCUT2D eigenvalue weighted by atomic mass is 35.5. The van der Waals surface area contributed by atoms with Crippen molar-refractivity contribution in [1.82, 2.24) is 0 Å². The van der Waals surface area contributed by atoms with Crippen LogP contribution in [0, 0.1) is 0 Å². The number of nitrogens with one attached hydrogen (secondary N) is 2. The van der Waals surface area contributed by atoms with E-state index in [1.54, 1.807) is 54.6 Å². The molecule has 1 aliphatic rings. The molecule has 4 aromatic carbocycles. The molecule has 10 nitrogen and oxygen atoms in total. The molecule has 2 N–H and O–H groups in total. The van der Waals surface area contributed by atoms with E-state index in [4.69, 9.17) is 16.3 Å². The topological polar surface area (TPSA) is 134 Å². The van der Waals surface area contributed by atoms with Gasteiger partial charge in [-0.1, -0.05) is 132 Å². The van der Waals surface area contributed by atoms with Crippen LogP contribution in [-0.2, 0) is 26.8 Å². The number of carbonyl (C=O) groups excluding carboxylic acids is 3. The quantitative estimate of drug-likeness (QED) is 0.0481. The molecule has 0 fully saturated rings.